The summed E-state index contributed by atoms with van der Waals surface area (Å²) in [4.78, 5) is 28.8. The number of pyridine rings is 1. The summed E-state index contributed by atoms with van der Waals surface area (Å²) in [5.41, 5.74) is 4.54. The molecule has 0 spiro atoms. The van der Waals surface area contributed by atoms with Crippen molar-refractivity contribution >= 4 is 33.4 Å². The van der Waals surface area contributed by atoms with Gasteiger partial charge < -0.3 is 20.5 Å². The van der Waals surface area contributed by atoms with Crippen molar-refractivity contribution in [3.05, 3.63) is 47.7 Å². The number of carbonyl (C=O) groups excluding carboxylic acids is 1. The lowest BCUT2D eigenvalue weighted by atomic mass is 9.94. The van der Waals surface area contributed by atoms with Crippen LogP contribution in [0, 0.1) is 17.6 Å². The van der Waals surface area contributed by atoms with Crippen molar-refractivity contribution in [3.63, 3.8) is 0 Å². The maximum absolute atomic E-state index is 16.9. The molecule has 2 aromatic heterocycles. The molecule has 3 aliphatic rings. The summed E-state index contributed by atoms with van der Waals surface area (Å²) in [7, 11) is 0. The van der Waals surface area contributed by atoms with Gasteiger partial charge >= 0.3 is 11.9 Å². The summed E-state index contributed by atoms with van der Waals surface area (Å²) < 4.78 is 82.5. The number of hydrogen-bond acceptors (Lipinski definition) is 8. The number of nitrogens with zero attached hydrogens (tertiary/aromatic N) is 5. The van der Waals surface area contributed by atoms with Gasteiger partial charge in [-0.2, -0.15) is 18.7 Å². The Morgan fingerprint density at radius 1 is 1.14 bits per heavy atom. The maximum atomic E-state index is 16.9. The summed E-state index contributed by atoms with van der Waals surface area (Å²) in [5.74, 6) is -8.44. The Labute approximate surface area is 279 Å². The van der Waals surface area contributed by atoms with Gasteiger partial charge in [0.2, 0.25) is 0 Å². The fourth-order valence-electron chi connectivity index (χ4n) is 8.03. The number of benzene rings is 2. The van der Waals surface area contributed by atoms with Crippen molar-refractivity contribution < 1.29 is 36.6 Å². The Bertz CT molecular complexity index is 1950. The summed E-state index contributed by atoms with van der Waals surface area (Å²) in [6.07, 6.45) is 3.35. The number of alkyl halides is 3. The predicted molar refractivity (Wildman–Crippen MR) is 173 cm³/mol. The van der Waals surface area contributed by atoms with Gasteiger partial charge in [-0.3, -0.25) is 14.7 Å². The average molecular weight is 685 g/mol. The number of hydrogen-bond donors (Lipinski definition) is 2. The molecule has 0 unspecified atom stereocenters. The number of nitrogens with two attached hydrogens (primary N) is 1. The minimum atomic E-state index is -3.79. The zero-order valence-electron chi connectivity index (χ0n) is 27.0. The molecule has 3 atom stereocenters. The van der Waals surface area contributed by atoms with Crippen LogP contribution in [-0.2, 0) is 11.2 Å². The molecule has 0 aliphatic carbocycles. The van der Waals surface area contributed by atoms with Gasteiger partial charge in [0, 0.05) is 43.7 Å². The monoisotopic (exact) mass is 684 g/mol. The Kier molecular flexibility index (Phi) is 8.48. The summed E-state index contributed by atoms with van der Waals surface area (Å²) >= 11 is 0. The van der Waals surface area contributed by atoms with Gasteiger partial charge in [-0.1, -0.05) is 19.4 Å². The van der Waals surface area contributed by atoms with Crippen LogP contribution in [0.3, 0.4) is 0 Å². The molecule has 7 rings (SSSR count). The van der Waals surface area contributed by atoms with Crippen LogP contribution in [0.2, 0.25) is 0 Å². The van der Waals surface area contributed by atoms with E-state index >= 15 is 4.39 Å². The minimum absolute atomic E-state index is 0.0383. The van der Waals surface area contributed by atoms with Crippen LogP contribution < -0.4 is 15.4 Å². The van der Waals surface area contributed by atoms with Gasteiger partial charge in [-0.15, -0.1) is 0 Å². The summed E-state index contributed by atoms with van der Waals surface area (Å²) in [6, 6.07) is 5.31. The molecule has 49 heavy (non-hydrogen) atoms. The Morgan fingerprint density at radius 3 is 2.73 bits per heavy atom. The molecule has 2 aromatic carbocycles. The zero-order valence-corrected chi connectivity index (χ0v) is 27.0. The molecular formula is C35H37F5N6O3. The third kappa shape index (κ3) is 5.77. The van der Waals surface area contributed by atoms with Crippen LogP contribution in [0.4, 0.5) is 27.8 Å². The number of aromatic hydroxyl groups is 1. The molecule has 4 aromatic rings. The second kappa shape index (κ2) is 12.5. The number of carbonyl (C=O) groups is 1. The van der Waals surface area contributed by atoms with Gasteiger partial charge in [0.25, 0.3) is 5.91 Å². The quantitative estimate of drug-likeness (QED) is 0.215. The summed E-state index contributed by atoms with van der Waals surface area (Å²) in [5, 5.41) is 11.5. The number of primary amides is 1. The SMILES string of the molecule is CCc1c(F)ccc2cc(O)cc(-c3ncc4c(N5CCCC[C@@H](C(F)(F)C(N)=O)C5)nc(OC[C@@]56CCCN5C[C@H](F)C6)nc4c3F)c12. The molecule has 0 radical (unpaired) electrons. The lowest BCUT2D eigenvalue weighted by molar-refractivity contribution is -0.150. The van der Waals surface area contributed by atoms with Crippen molar-refractivity contribution in [3.8, 4) is 23.0 Å². The number of amides is 1. The second-order valence-corrected chi connectivity index (χ2v) is 13.5. The van der Waals surface area contributed by atoms with Gasteiger partial charge in [0.1, 0.15) is 41.4 Å². The number of anilines is 1. The smallest absolute Gasteiger partial charge is 0.328 e. The first-order valence-electron chi connectivity index (χ1n) is 16.7. The Hall–Kier alpha value is -4.33. The van der Waals surface area contributed by atoms with Crippen molar-refractivity contribution in [1.29, 1.82) is 0 Å². The maximum Gasteiger partial charge on any atom is 0.328 e. The zero-order chi connectivity index (χ0) is 34.7. The normalized spacial score (nSPS) is 23.3. The molecule has 1 amide bonds. The van der Waals surface area contributed by atoms with E-state index in [1.165, 1.54) is 30.5 Å². The fraction of sp³-hybridized carbons (Fsp3) is 0.486. The first-order valence-corrected chi connectivity index (χ1v) is 16.7. The third-order valence-electron chi connectivity index (χ3n) is 10.4. The van der Waals surface area contributed by atoms with E-state index in [-0.39, 0.29) is 85.2 Å². The van der Waals surface area contributed by atoms with Crippen LogP contribution in [-0.4, -0.2) is 81.3 Å². The molecule has 3 aliphatic heterocycles. The molecule has 14 heteroatoms. The number of aryl methyl sites for hydroxylation is 1. The van der Waals surface area contributed by atoms with Crippen molar-refractivity contribution in [2.75, 3.05) is 37.7 Å². The van der Waals surface area contributed by atoms with Crippen LogP contribution in [0.25, 0.3) is 32.9 Å². The van der Waals surface area contributed by atoms with E-state index in [2.05, 4.69) is 15.0 Å². The van der Waals surface area contributed by atoms with Crippen molar-refractivity contribution in [2.24, 2.45) is 11.7 Å². The number of halogens is 5. The first kappa shape index (κ1) is 33.2. The highest BCUT2D eigenvalue weighted by molar-refractivity contribution is 6.01. The average Bonchev–Trinajstić information content (AvgIpc) is 3.46. The molecule has 0 bridgehead atoms. The number of fused-ring (bicyclic) bond motifs is 3. The lowest BCUT2D eigenvalue weighted by Crippen LogP contribution is -2.46. The van der Waals surface area contributed by atoms with E-state index in [9.17, 15) is 27.5 Å². The molecule has 0 saturated carbocycles. The highest BCUT2D eigenvalue weighted by atomic mass is 19.3. The van der Waals surface area contributed by atoms with Gasteiger partial charge in [0.15, 0.2) is 5.82 Å². The van der Waals surface area contributed by atoms with E-state index < -0.39 is 41.1 Å². The van der Waals surface area contributed by atoms with Crippen LogP contribution in [0.15, 0.2) is 30.5 Å². The number of phenolic OH excluding ortho intramolecular Hbond substituents is 1. The van der Waals surface area contributed by atoms with E-state index in [1.54, 1.807) is 11.8 Å². The van der Waals surface area contributed by atoms with Crippen LogP contribution in [0.1, 0.15) is 51.0 Å². The van der Waals surface area contributed by atoms with E-state index in [0.29, 0.717) is 35.6 Å². The Balaban J connectivity index is 1.38. The molecule has 260 valence electrons. The number of phenols is 1. The van der Waals surface area contributed by atoms with Crippen molar-refractivity contribution in [1.82, 2.24) is 19.9 Å². The molecular weight excluding hydrogens is 647 g/mol. The fourth-order valence-corrected chi connectivity index (χ4v) is 8.03. The predicted octanol–water partition coefficient (Wildman–Crippen LogP) is 6.07. The highest BCUT2D eigenvalue weighted by Gasteiger charge is 2.50. The standard InChI is InChI=1S/C35H37F5N6O3/c1-2-23-26(37)8-7-19-12-22(47)13-24(27(19)23)29-28(38)30-25(15-42-29)31(45-10-4-3-6-20(16-45)35(39,40)32(41)48)44-33(43-30)49-18-34-9-5-11-46(34)17-21(36)14-34/h7-8,12-13,15,20-21,47H,2-6,9-11,14,16-18H2,1H3,(H2,41,48)/t20-,21-,34+/m1/s1. The summed E-state index contributed by atoms with van der Waals surface area (Å²) in [6.45, 7) is 2.77. The Morgan fingerprint density at radius 2 is 1.96 bits per heavy atom. The van der Waals surface area contributed by atoms with Crippen LogP contribution in [0.5, 0.6) is 11.8 Å². The number of ether oxygens (including phenoxy) is 1. The minimum Gasteiger partial charge on any atom is -0.508 e. The van der Waals surface area contributed by atoms with E-state index in [4.69, 9.17) is 10.5 Å². The van der Waals surface area contributed by atoms with Gasteiger partial charge in [-0.05, 0) is 73.2 Å². The lowest BCUT2D eigenvalue weighted by Gasteiger charge is -2.31. The molecule has 9 nitrogen and oxygen atoms in total. The van der Waals surface area contributed by atoms with Gasteiger partial charge in [0.05, 0.1) is 10.9 Å². The van der Waals surface area contributed by atoms with Gasteiger partial charge in [-0.25, -0.2) is 13.2 Å². The van der Waals surface area contributed by atoms with Crippen LogP contribution >= 0.6 is 0 Å². The van der Waals surface area contributed by atoms with E-state index in [1.807, 2.05) is 4.90 Å². The molecule has 3 saturated heterocycles. The molecule has 5 heterocycles. The number of aromatic nitrogens is 3. The van der Waals surface area contributed by atoms with E-state index in [0.717, 1.165) is 13.0 Å². The molecule has 3 N–H and O–H groups in total. The topological polar surface area (TPSA) is 118 Å². The highest BCUT2D eigenvalue weighted by Crippen LogP contribution is 2.42. The third-order valence-corrected chi connectivity index (χ3v) is 10.4. The first-order chi connectivity index (χ1) is 23.4. The number of rotatable bonds is 8. The molecule has 3 fully saturated rings. The van der Waals surface area contributed by atoms with Crippen molar-refractivity contribution in [2.45, 2.75) is 69.5 Å². The second-order valence-electron chi connectivity index (χ2n) is 13.5. The largest absolute Gasteiger partial charge is 0.508 e.